The van der Waals surface area contributed by atoms with E-state index in [2.05, 4.69) is 10.3 Å². The summed E-state index contributed by atoms with van der Waals surface area (Å²) in [5, 5.41) is 2.86. The molecule has 18 heavy (non-hydrogen) atoms. The number of nitrogens with zero attached hydrogens (tertiary/aromatic N) is 1. The normalized spacial score (nSPS) is 16.3. The van der Waals surface area contributed by atoms with Crippen LogP contribution in [0.4, 0.5) is 0 Å². The van der Waals surface area contributed by atoms with Crippen LogP contribution in [-0.4, -0.2) is 37.3 Å². The van der Waals surface area contributed by atoms with Gasteiger partial charge in [0.05, 0.1) is 18.8 Å². The van der Waals surface area contributed by atoms with Gasteiger partial charge < -0.3 is 14.8 Å². The molecule has 1 amide bonds. The number of carbonyl (C=O) groups is 1. The van der Waals surface area contributed by atoms with Crippen LogP contribution in [0.25, 0.3) is 0 Å². The Bertz CT molecular complexity index is 433. The summed E-state index contributed by atoms with van der Waals surface area (Å²) < 4.78 is 10.9. The van der Waals surface area contributed by atoms with E-state index >= 15 is 0 Å². The molecule has 0 aromatic carbocycles. The number of hydrogen-bond donors (Lipinski definition) is 1. The van der Waals surface area contributed by atoms with E-state index in [0.29, 0.717) is 29.7 Å². The van der Waals surface area contributed by atoms with Gasteiger partial charge in [0.15, 0.2) is 0 Å². The van der Waals surface area contributed by atoms with Crippen LogP contribution < -0.4 is 10.1 Å². The second kappa shape index (κ2) is 6.02. The molecule has 1 aliphatic rings. The average Bonchev–Trinajstić information content (AvgIpc) is 2.41. The van der Waals surface area contributed by atoms with Crippen molar-refractivity contribution >= 4 is 17.5 Å². The number of hydrogen-bond acceptors (Lipinski definition) is 4. The maximum atomic E-state index is 11.4. The van der Waals surface area contributed by atoms with Crippen LogP contribution in [0.3, 0.4) is 0 Å². The maximum absolute atomic E-state index is 11.4. The first-order valence-corrected chi connectivity index (χ1v) is 6.20. The molecule has 0 bridgehead atoms. The summed E-state index contributed by atoms with van der Waals surface area (Å²) in [5.41, 5.74) is 0.418. The first-order valence-electron chi connectivity index (χ1n) is 5.82. The molecule has 0 spiro atoms. The summed E-state index contributed by atoms with van der Waals surface area (Å²) in [5.74, 6) is 0.151. The van der Waals surface area contributed by atoms with Gasteiger partial charge in [0.2, 0.25) is 5.88 Å². The molecular weight excluding hydrogens is 256 g/mol. The van der Waals surface area contributed by atoms with Crippen molar-refractivity contribution in [1.29, 1.82) is 0 Å². The van der Waals surface area contributed by atoms with Gasteiger partial charge in [0.25, 0.3) is 5.91 Å². The molecule has 2 rings (SSSR count). The highest BCUT2D eigenvalue weighted by atomic mass is 35.5. The van der Waals surface area contributed by atoms with Crippen molar-refractivity contribution in [1.82, 2.24) is 10.3 Å². The zero-order valence-corrected chi connectivity index (χ0v) is 10.9. The molecule has 1 fully saturated rings. The Morgan fingerprint density at radius 1 is 1.56 bits per heavy atom. The van der Waals surface area contributed by atoms with Gasteiger partial charge in [-0.15, -0.1) is 0 Å². The Labute approximate surface area is 110 Å². The molecule has 0 atom stereocenters. The Hall–Kier alpha value is -1.33. The van der Waals surface area contributed by atoms with Gasteiger partial charge in [-0.25, -0.2) is 4.98 Å². The Morgan fingerprint density at radius 3 is 2.89 bits per heavy atom. The highest BCUT2D eigenvalue weighted by Gasteiger charge is 2.18. The van der Waals surface area contributed by atoms with Gasteiger partial charge in [-0.2, -0.15) is 0 Å². The van der Waals surface area contributed by atoms with Crippen molar-refractivity contribution in [2.75, 3.05) is 20.3 Å². The minimum Gasteiger partial charge on any atom is -0.473 e. The third kappa shape index (κ3) is 3.11. The molecule has 2 heterocycles. The number of pyridine rings is 1. The van der Waals surface area contributed by atoms with Gasteiger partial charge in [-0.05, 0) is 6.07 Å². The molecule has 0 unspecified atom stereocenters. The van der Waals surface area contributed by atoms with E-state index in [0.717, 1.165) is 12.8 Å². The number of rotatable bonds is 3. The highest BCUT2D eigenvalue weighted by Crippen LogP contribution is 2.25. The number of amides is 1. The number of halogens is 1. The lowest BCUT2D eigenvalue weighted by atomic mass is 10.1. The van der Waals surface area contributed by atoms with Crippen molar-refractivity contribution in [3.8, 4) is 5.88 Å². The number of ether oxygens (including phenoxy) is 2. The summed E-state index contributed by atoms with van der Waals surface area (Å²) in [7, 11) is 1.56. The van der Waals surface area contributed by atoms with E-state index in [9.17, 15) is 4.79 Å². The zero-order chi connectivity index (χ0) is 13.0. The molecule has 0 aliphatic carbocycles. The predicted octanol–water partition coefficient (Wildman–Crippen LogP) is 1.65. The van der Waals surface area contributed by atoms with E-state index in [-0.39, 0.29) is 12.0 Å². The van der Waals surface area contributed by atoms with Gasteiger partial charge >= 0.3 is 0 Å². The summed E-state index contributed by atoms with van der Waals surface area (Å²) in [6.07, 6.45) is 3.19. The molecule has 1 aliphatic heterocycles. The van der Waals surface area contributed by atoms with E-state index in [4.69, 9.17) is 21.1 Å². The van der Waals surface area contributed by atoms with Crippen LogP contribution in [0.15, 0.2) is 12.3 Å². The van der Waals surface area contributed by atoms with Crippen molar-refractivity contribution in [3.05, 3.63) is 22.8 Å². The lowest BCUT2D eigenvalue weighted by molar-refractivity contribution is 0.0238. The summed E-state index contributed by atoms with van der Waals surface area (Å²) in [6.45, 7) is 1.39. The molecular formula is C12H15ClN2O3. The third-order valence-electron chi connectivity index (χ3n) is 2.74. The average molecular weight is 271 g/mol. The van der Waals surface area contributed by atoms with Crippen LogP contribution in [0.5, 0.6) is 5.88 Å². The molecule has 6 heteroatoms. The maximum Gasteiger partial charge on any atom is 0.252 e. The van der Waals surface area contributed by atoms with Crippen LogP contribution in [0.2, 0.25) is 5.02 Å². The molecule has 98 valence electrons. The summed E-state index contributed by atoms with van der Waals surface area (Å²) in [6, 6.07) is 1.56. The van der Waals surface area contributed by atoms with Gasteiger partial charge in [0.1, 0.15) is 11.1 Å². The number of carbonyl (C=O) groups excluding carboxylic acids is 1. The number of aromatic nitrogens is 1. The van der Waals surface area contributed by atoms with Crippen molar-refractivity contribution in [3.63, 3.8) is 0 Å². The Balaban J connectivity index is 2.07. The lowest BCUT2D eigenvalue weighted by Crippen LogP contribution is -2.26. The topological polar surface area (TPSA) is 60.5 Å². The predicted molar refractivity (Wildman–Crippen MR) is 67.1 cm³/mol. The quantitative estimate of drug-likeness (QED) is 0.907. The van der Waals surface area contributed by atoms with Gasteiger partial charge in [0, 0.05) is 26.1 Å². The van der Waals surface area contributed by atoms with Crippen molar-refractivity contribution < 1.29 is 14.3 Å². The Kier molecular flexibility index (Phi) is 4.38. The molecule has 1 aromatic heterocycles. The molecule has 0 saturated carbocycles. The summed E-state index contributed by atoms with van der Waals surface area (Å²) >= 11 is 6.05. The first kappa shape index (κ1) is 13.1. The van der Waals surface area contributed by atoms with Gasteiger partial charge in [-0.3, -0.25) is 4.79 Å². The van der Waals surface area contributed by atoms with Crippen molar-refractivity contribution in [2.24, 2.45) is 0 Å². The molecule has 0 radical (unpaired) electrons. The molecule has 1 saturated heterocycles. The van der Waals surface area contributed by atoms with E-state index < -0.39 is 0 Å². The minimum absolute atomic E-state index is 0.0783. The first-order chi connectivity index (χ1) is 8.70. The standard InChI is InChI=1S/C12H15ClN2O3/c1-14-11(16)8-6-10(13)12(15-7-8)18-9-2-4-17-5-3-9/h6-7,9H,2-5H2,1H3,(H,14,16). The molecule has 5 nitrogen and oxygen atoms in total. The van der Waals surface area contributed by atoms with Crippen LogP contribution >= 0.6 is 11.6 Å². The zero-order valence-electron chi connectivity index (χ0n) is 10.1. The third-order valence-corrected chi connectivity index (χ3v) is 3.01. The highest BCUT2D eigenvalue weighted by molar-refractivity contribution is 6.32. The van der Waals surface area contributed by atoms with Gasteiger partial charge in [-0.1, -0.05) is 11.6 Å². The SMILES string of the molecule is CNC(=O)c1cnc(OC2CCOCC2)c(Cl)c1. The van der Waals surface area contributed by atoms with Crippen LogP contribution in [0.1, 0.15) is 23.2 Å². The Morgan fingerprint density at radius 2 is 2.28 bits per heavy atom. The fraction of sp³-hybridized carbons (Fsp3) is 0.500. The minimum atomic E-state index is -0.220. The van der Waals surface area contributed by atoms with Crippen molar-refractivity contribution in [2.45, 2.75) is 18.9 Å². The fourth-order valence-electron chi connectivity index (χ4n) is 1.73. The van der Waals surface area contributed by atoms with E-state index in [1.807, 2.05) is 0 Å². The second-order valence-corrected chi connectivity index (χ2v) is 4.43. The summed E-state index contributed by atoms with van der Waals surface area (Å²) in [4.78, 5) is 15.5. The largest absolute Gasteiger partial charge is 0.473 e. The second-order valence-electron chi connectivity index (χ2n) is 4.02. The molecule has 1 aromatic rings. The lowest BCUT2D eigenvalue weighted by Gasteiger charge is -2.23. The van der Waals surface area contributed by atoms with Crippen LogP contribution in [0, 0.1) is 0 Å². The van der Waals surface area contributed by atoms with E-state index in [1.54, 1.807) is 13.1 Å². The smallest absolute Gasteiger partial charge is 0.252 e. The van der Waals surface area contributed by atoms with E-state index in [1.165, 1.54) is 6.20 Å². The monoisotopic (exact) mass is 270 g/mol. The fourth-order valence-corrected chi connectivity index (χ4v) is 1.94. The number of nitrogens with one attached hydrogen (secondary N) is 1. The van der Waals surface area contributed by atoms with Crippen LogP contribution in [-0.2, 0) is 4.74 Å². The molecule has 1 N–H and O–H groups in total.